The number of nitrogens with one attached hydrogen (secondary N) is 1. The first-order valence-electron chi connectivity index (χ1n) is 8.59. The molecule has 0 atom stereocenters. The zero-order valence-corrected chi connectivity index (χ0v) is 17.0. The molecule has 0 unspecified atom stereocenters. The Labute approximate surface area is 164 Å². The minimum absolute atomic E-state index is 0.231. The number of carbonyl (C=O) groups excluding carboxylic acids is 1. The number of rotatable bonds is 5. The van der Waals surface area contributed by atoms with Gasteiger partial charge in [0.15, 0.2) is 16.4 Å². The molecule has 1 heterocycles. The number of anilines is 1. The van der Waals surface area contributed by atoms with E-state index in [0.29, 0.717) is 28.3 Å². The molecule has 28 heavy (non-hydrogen) atoms. The molecule has 1 amide bonds. The quantitative estimate of drug-likeness (QED) is 0.831. The first kappa shape index (κ1) is 19.8. The lowest BCUT2D eigenvalue weighted by Crippen LogP contribution is -2.38. The molecular formula is C20H22N2O5S. The van der Waals surface area contributed by atoms with Crippen LogP contribution in [-0.4, -0.2) is 35.6 Å². The topological polar surface area (TPSA) is 84.9 Å². The molecule has 0 saturated heterocycles. The smallest absolute Gasteiger partial charge is 0.269 e. The Balaban J connectivity index is 2.05. The maximum Gasteiger partial charge on any atom is 0.269 e. The summed E-state index contributed by atoms with van der Waals surface area (Å²) < 4.78 is 37.7. The van der Waals surface area contributed by atoms with Crippen LogP contribution in [0, 0.1) is 0 Å². The summed E-state index contributed by atoms with van der Waals surface area (Å²) in [6.45, 7) is 1.85. The molecule has 0 fully saturated rings. The highest BCUT2D eigenvalue weighted by Crippen LogP contribution is 2.44. The zero-order chi connectivity index (χ0) is 20.5. The molecule has 2 aromatic carbocycles. The number of methoxy groups -OCH3 is 2. The lowest BCUT2D eigenvalue weighted by Gasteiger charge is -2.30. The molecule has 0 bridgehead atoms. The summed E-state index contributed by atoms with van der Waals surface area (Å²) in [6.07, 6.45) is 0. The lowest BCUT2D eigenvalue weighted by molar-refractivity contribution is -0.117. The van der Waals surface area contributed by atoms with Crippen molar-refractivity contribution in [2.45, 2.75) is 13.5 Å². The van der Waals surface area contributed by atoms with E-state index in [4.69, 9.17) is 9.47 Å². The molecule has 0 spiro atoms. The highest BCUT2D eigenvalue weighted by atomic mass is 32.2. The number of fused-ring (bicyclic) bond motifs is 1. The SMILES string of the molecule is COc1cc2c(cc1OC)N(C)S(=O)(=O)C(C(=O)NCc1ccccc1)=C2C. The predicted octanol–water partition coefficient (Wildman–Crippen LogP) is 2.53. The Kier molecular flexibility index (Phi) is 5.33. The summed E-state index contributed by atoms with van der Waals surface area (Å²) in [5.41, 5.74) is 2.26. The molecule has 0 radical (unpaired) electrons. The summed E-state index contributed by atoms with van der Waals surface area (Å²) in [7, 11) is 0.384. The minimum atomic E-state index is -4.01. The molecule has 148 valence electrons. The predicted molar refractivity (Wildman–Crippen MR) is 108 cm³/mol. The third-order valence-corrected chi connectivity index (χ3v) is 6.63. The van der Waals surface area contributed by atoms with Gasteiger partial charge in [0.2, 0.25) is 0 Å². The van der Waals surface area contributed by atoms with Gasteiger partial charge in [0.1, 0.15) is 0 Å². The van der Waals surface area contributed by atoms with Crippen LogP contribution in [-0.2, 0) is 21.4 Å². The van der Waals surface area contributed by atoms with Crippen molar-refractivity contribution in [3.8, 4) is 11.5 Å². The van der Waals surface area contributed by atoms with Crippen LogP contribution in [0.4, 0.5) is 5.69 Å². The number of ether oxygens (including phenoxy) is 2. The second kappa shape index (κ2) is 7.55. The third-order valence-electron chi connectivity index (χ3n) is 4.71. The van der Waals surface area contributed by atoms with Crippen molar-refractivity contribution < 1.29 is 22.7 Å². The van der Waals surface area contributed by atoms with E-state index in [9.17, 15) is 13.2 Å². The van der Waals surface area contributed by atoms with Crippen LogP contribution in [0.2, 0.25) is 0 Å². The average molecular weight is 402 g/mol. The lowest BCUT2D eigenvalue weighted by atomic mass is 10.0. The maximum atomic E-state index is 13.0. The number of amides is 1. The van der Waals surface area contributed by atoms with Gasteiger partial charge in [-0.05, 0) is 24.1 Å². The van der Waals surface area contributed by atoms with Gasteiger partial charge in [0.25, 0.3) is 15.9 Å². The largest absolute Gasteiger partial charge is 0.493 e. The molecule has 1 aliphatic heterocycles. The van der Waals surface area contributed by atoms with Gasteiger partial charge in [-0.1, -0.05) is 30.3 Å². The van der Waals surface area contributed by atoms with Crippen molar-refractivity contribution >= 4 is 27.2 Å². The van der Waals surface area contributed by atoms with Crippen LogP contribution in [0.15, 0.2) is 47.4 Å². The van der Waals surface area contributed by atoms with E-state index in [1.807, 2.05) is 30.3 Å². The van der Waals surface area contributed by atoms with Crippen LogP contribution in [0.5, 0.6) is 11.5 Å². The molecule has 8 heteroatoms. The first-order valence-corrected chi connectivity index (χ1v) is 10.0. The van der Waals surface area contributed by atoms with Crippen LogP contribution in [0.1, 0.15) is 18.1 Å². The van der Waals surface area contributed by atoms with Gasteiger partial charge in [0, 0.05) is 25.2 Å². The van der Waals surface area contributed by atoms with E-state index in [1.54, 1.807) is 19.1 Å². The normalized spacial score (nSPS) is 15.1. The van der Waals surface area contributed by atoms with Gasteiger partial charge >= 0.3 is 0 Å². The second-order valence-corrected chi connectivity index (χ2v) is 8.23. The Bertz CT molecular complexity index is 1050. The van der Waals surface area contributed by atoms with Gasteiger partial charge in [-0.15, -0.1) is 0 Å². The van der Waals surface area contributed by atoms with Crippen LogP contribution >= 0.6 is 0 Å². The Morgan fingerprint density at radius 2 is 1.68 bits per heavy atom. The fourth-order valence-electron chi connectivity index (χ4n) is 3.16. The summed E-state index contributed by atoms with van der Waals surface area (Å²) in [5, 5.41) is 2.70. The molecule has 0 aliphatic carbocycles. The summed E-state index contributed by atoms with van der Waals surface area (Å²) in [6, 6.07) is 12.6. The molecular weight excluding hydrogens is 380 g/mol. The highest BCUT2D eigenvalue weighted by molar-refractivity contribution is 7.97. The van der Waals surface area contributed by atoms with E-state index >= 15 is 0 Å². The number of hydrogen-bond acceptors (Lipinski definition) is 5. The van der Waals surface area contributed by atoms with E-state index in [-0.39, 0.29) is 11.4 Å². The molecule has 0 aromatic heterocycles. The number of carbonyl (C=O) groups is 1. The van der Waals surface area contributed by atoms with Crippen molar-refractivity contribution in [1.82, 2.24) is 5.32 Å². The molecule has 1 N–H and O–H groups in total. The average Bonchev–Trinajstić information content (AvgIpc) is 2.70. The van der Waals surface area contributed by atoms with Crippen molar-refractivity contribution in [2.75, 3.05) is 25.6 Å². The standard InChI is InChI=1S/C20H22N2O5S/c1-13-15-10-17(26-3)18(27-4)11-16(15)22(2)28(24,25)19(13)20(23)21-12-14-8-6-5-7-9-14/h5-11H,12H2,1-4H3,(H,21,23). The third kappa shape index (κ3) is 3.31. The molecule has 2 aromatic rings. The molecule has 1 aliphatic rings. The fourth-order valence-corrected chi connectivity index (χ4v) is 4.64. The van der Waals surface area contributed by atoms with Crippen molar-refractivity contribution in [3.05, 3.63) is 58.5 Å². The van der Waals surface area contributed by atoms with Crippen molar-refractivity contribution in [2.24, 2.45) is 0 Å². The van der Waals surface area contributed by atoms with E-state index in [1.165, 1.54) is 21.3 Å². The van der Waals surface area contributed by atoms with Crippen LogP contribution in [0.3, 0.4) is 0 Å². The number of benzene rings is 2. The minimum Gasteiger partial charge on any atom is -0.493 e. The number of allylic oxidation sites excluding steroid dienone is 1. The molecule has 3 rings (SSSR count). The van der Waals surface area contributed by atoms with Crippen molar-refractivity contribution in [3.63, 3.8) is 0 Å². The number of nitrogens with zero attached hydrogens (tertiary/aromatic N) is 1. The summed E-state index contributed by atoms with van der Waals surface area (Å²) in [5.74, 6) is 0.221. The zero-order valence-electron chi connectivity index (χ0n) is 16.1. The molecule has 7 nitrogen and oxygen atoms in total. The monoisotopic (exact) mass is 402 g/mol. The van der Waals surface area contributed by atoms with Gasteiger partial charge in [0.05, 0.1) is 19.9 Å². The Hall–Kier alpha value is -3.00. The van der Waals surface area contributed by atoms with Crippen LogP contribution < -0.4 is 19.1 Å². The first-order chi connectivity index (χ1) is 13.3. The van der Waals surface area contributed by atoms with E-state index < -0.39 is 15.9 Å². The van der Waals surface area contributed by atoms with E-state index in [0.717, 1.165) is 9.87 Å². The Morgan fingerprint density at radius 3 is 2.29 bits per heavy atom. The number of hydrogen-bond donors (Lipinski definition) is 1. The van der Waals surface area contributed by atoms with Crippen LogP contribution in [0.25, 0.3) is 5.57 Å². The van der Waals surface area contributed by atoms with Crippen molar-refractivity contribution in [1.29, 1.82) is 0 Å². The van der Waals surface area contributed by atoms with Gasteiger partial charge in [-0.3, -0.25) is 9.10 Å². The Morgan fingerprint density at radius 1 is 1.07 bits per heavy atom. The summed E-state index contributed by atoms with van der Waals surface area (Å²) in [4.78, 5) is 12.5. The van der Waals surface area contributed by atoms with Gasteiger partial charge < -0.3 is 14.8 Å². The fraction of sp³-hybridized carbons (Fsp3) is 0.250. The van der Waals surface area contributed by atoms with Gasteiger partial charge in [-0.25, -0.2) is 8.42 Å². The number of sulfonamides is 1. The second-order valence-electron chi connectivity index (χ2n) is 6.32. The highest BCUT2D eigenvalue weighted by Gasteiger charge is 2.38. The summed E-state index contributed by atoms with van der Waals surface area (Å²) >= 11 is 0. The molecule has 0 saturated carbocycles. The maximum absolute atomic E-state index is 13.0. The van der Waals surface area contributed by atoms with Gasteiger partial charge in [-0.2, -0.15) is 0 Å². The van der Waals surface area contributed by atoms with E-state index in [2.05, 4.69) is 5.32 Å².